The minimum absolute atomic E-state index is 0.0888. The molecule has 4 nitrogen and oxygen atoms in total. The molecule has 0 fully saturated rings. The number of alkyl halides is 1. The molecule has 1 heterocycles. The van der Waals surface area contributed by atoms with Crippen LogP contribution in [0.2, 0.25) is 0 Å². The summed E-state index contributed by atoms with van der Waals surface area (Å²) in [5.74, 6) is 0. The zero-order chi connectivity index (χ0) is 10.4. The SMILES string of the molecule is CCCCCCN1N=CN(C#N)C1Br. The molecule has 0 radical (unpaired) electrons. The quantitative estimate of drug-likeness (QED) is 0.329. The molecule has 1 rings (SSSR count). The van der Waals surface area contributed by atoms with Crippen molar-refractivity contribution in [1.29, 1.82) is 5.26 Å². The molecule has 0 spiro atoms. The molecule has 0 aromatic heterocycles. The lowest BCUT2D eigenvalue weighted by Gasteiger charge is -2.20. The molecule has 0 aromatic rings. The molecule has 14 heavy (non-hydrogen) atoms. The monoisotopic (exact) mass is 258 g/mol. The van der Waals surface area contributed by atoms with E-state index in [0.717, 1.165) is 13.0 Å². The van der Waals surface area contributed by atoms with Crippen molar-refractivity contribution in [2.45, 2.75) is 37.7 Å². The molecule has 0 N–H and O–H groups in total. The number of nitrogens with zero attached hydrogens (tertiary/aromatic N) is 4. The Morgan fingerprint density at radius 3 is 2.86 bits per heavy atom. The molecular weight excluding hydrogens is 244 g/mol. The van der Waals surface area contributed by atoms with Gasteiger partial charge in [0.2, 0.25) is 0 Å². The Morgan fingerprint density at radius 1 is 1.50 bits per heavy atom. The maximum Gasteiger partial charge on any atom is 0.188 e. The normalized spacial score (nSPS) is 20.2. The van der Waals surface area contributed by atoms with Crippen LogP contribution in [0.5, 0.6) is 0 Å². The third-order valence-electron chi connectivity index (χ3n) is 2.16. The molecule has 1 aliphatic rings. The number of unbranched alkanes of at least 4 members (excludes halogenated alkanes) is 3. The highest BCUT2D eigenvalue weighted by Gasteiger charge is 2.24. The summed E-state index contributed by atoms with van der Waals surface area (Å²) in [7, 11) is 0. The molecule has 78 valence electrons. The predicted molar refractivity (Wildman–Crippen MR) is 59.5 cm³/mol. The van der Waals surface area contributed by atoms with Crippen LogP contribution in [0.25, 0.3) is 0 Å². The first-order valence-corrected chi connectivity index (χ1v) is 5.84. The van der Waals surface area contributed by atoms with Gasteiger partial charge in [0.1, 0.15) is 6.34 Å². The number of hydrazone groups is 1. The van der Waals surface area contributed by atoms with Gasteiger partial charge in [-0.15, -0.1) is 0 Å². The fourth-order valence-electron chi connectivity index (χ4n) is 1.31. The van der Waals surface area contributed by atoms with Crippen molar-refractivity contribution in [3.63, 3.8) is 0 Å². The first kappa shape index (κ1) is 11.3. The van der Waals surface area contributed by atoms with Crippen molar-refractivity contribution in [3.8, 4) is 6.19 Å². The first-order valence-electron chi connectivity index (χ1n) is 4.92. The zero-order valence-electron chi connectivity index (χ0n) is 8.36. The van der Waals surface area contributed by atoms with E-state index in [2.05, 4.69) is 28.0 Å². The number of nitriles is 1. The maximum absolute atomic E-state index is 8.69. The predicted octanol–water partition coefficient (Wildman–Crippen LogP) is 2.29. The van der Waals surface area contributed by atoms with Gasteiger partial charge in [0.25, 0.3) is 0 Å². The second-order valence-electron chi connectivity index (χ2n) is 3.27. The summed E-state index contributed by atoms with van der Waals surface area (Å²) < 4.78 is 0. The average molecular weight is 259 g/mol. The third kappa shape index (κ3) is 2.88. The van der Waals surface area contributed by atoms with Crippen molar-refractivity contribution in [1.82, 2.24) is 9.91 Å². The van der Waals surface area contributed by atoms with Crippen LogP contribution in [-0.2, 0) is 0 Å². The van der Waals surface area contributed by atoms with Crippen LogP contribution in [0.3, 0.4) is 0 Å². The van der Waals surface area contributed by atoms with Gasteiger partial charge in [-0.2, -0.15) is 10.4 Å². The van der Waals surface area contributed by atoms with Crippen LogP contribution < -0.4 is 0 Å². The van der Waals surface area contributed by atoms with Crippen molar-refractivity contribution < 1.29 is 0 Å². The molecule has 5 heteroatoms. The highest BCUT2D eigenvalue weighted by Crippen LogP contribution is 2.17. The molecule has 0 amide bonds. The summed E-state index contributed by atoms with van der Waals surface area (Å²) in [5, 5.41) is 14.6. The van der Waals surface area contributed by atoms with Crippen molar-refractivity contribution in [2.75, 3.05) is 6.54 Å². The maximum atomic E-state index is 8.69. The van der Waals surface area contributed by atoms with Crippen LogP contribution in [0.4, 0.5) is 0 Å². The van der Waals surface area contributed by atoms with Crippen LogP contribution >= 0.6 is 15.9 Å². The molecule has 0 bridgehead atoms. The van der Waals surface area contributed by atoms with Gasteiger partial charge in [-0.05, 0) is 22.4 Å². The largest absolute Gasteiger partial charge is 0.262 e. The number of hydrogen-bond donors (Lipinski definition) is 0. The Morgan fingerprint density at radius 2 is 2.29 bits per heavy atom. The lowest BCUT2D eigenvalue weighted by Crippen LogP contribution is -2.32. The minimum Gasteiger partial charge on any atom is -0.262 e. The fourth-order valence-corrected chi connectivity index (χ4v) is 1.82. The van der Waals surface area contributed by atoms with E-state index in [1.807, 2.05) is 11.2 Å². The smallest absolute Gasteiger partial charge is 0.188 e. The Kier molecular flexibility index (Phi) is 4.74. The second-order valence-corrected chi connectivity index (χ2v) is 4.09. The Balaban J connectivity index is 2.21. The van der Waals surface area contributed by atoms with Crippen LogP contribution in [0.1, 0.15) is 32.6 Å². The van der Waals surface area contributed by atoms with Crippen molar-refractivity contribution in [3.05, 3.63) is 0 Å². The van der Waals surface area contributed by atoms with Crippen molar-refractivity contribution in [2.24, 2.45) is 5.10 Å². The van der Waals surface area contributed by atoms with Crippen LogP contribution in [0.15, 0.2) is 5.10 Å². The van der Waals surface area contributed by atoms with Gasteiger partial charge in [0, 0.05) is 6.54 Å². The number of rotatable bonds is 5. The summed E-state index contributed by atoms with van der Waals surface area (Å²) in [6.45, 7) is 3.10. The molecule has 0 aromatic carbocycles. The minimum atomic E-state index is -0.0888. The molecule has 1 atom stereocenters. The summed E-state index contributed by atoms with van der Waals surface area (Å²) in [4.78, 5) is 1.49. The first-order chi connectivity index (χ1) is 6.79. The fraction of sp³-hybridized carbons (Fsp3) is 0.778. The highest BCUT2D eigenvalue weighted by molar-refractivity contribution is 9.09. The summed E-state index contributed by atoms with van der Waals surface area (Å²) in [6.07, 6.45) is 8.47. The molecule has 0 aliphatic carbocycles. The van der Waals surface area contributed by atoms with E-state index >= 15 is 0 Å². The Bertz CT molecular complexity index is 235. The van der Waals surface area contributed by atoms with E-state index in [4.69, 9.17) is 5.26 Å². The van der Waals surface area contributed by atoms with Gasteiger partial charge in [-0.1, -0.05) is 26.2 Å². The van der Waals surface area contributed by atoms with Gasteiger partial charge >= 0.3 is 0 Å². The number of halogens is 1. The zero-order valence-corrected chi connectivity index (χ0v) is 9.94. The highest BCUT2D eigenvalue weighted by atomic mass is 79.9. The van der Waals surface area contributed by atoms with Gasteiger partial charge in [0.05, 0.1) is 0 Å². The van der Waals surface area contributed by atoms with Crippen molar-refractivity contribution >= 4 is 22.3 Å². The van der Waals surface area contributed by atoms with E-state index in [0.29, 0.717) is 0 Å². The lowest BCUT2D eigenvalue weighted by atomic mass is 10.2. The summed E-state index contributed by atoms with van der Waals surface area (Å²) in [5.41, 5.74) is 0. The third-order valence-corrected chi connectivity index (χ3v) is 3.07. The molecule has 1 unspecified atom stereocenters. The van der Waals surface area contributed by atoms with E-state index < -0.39 is 0 Å². The standard InChI is InChI=1S/C9H15BrN4/c1-2-3-4-5-6-14-9(10)13(7-11)8-12-14/h8-9H,2-6H2,1H3. The van der Waals surface area contributed by atoms with E-state index in [1.54, 1.807) is 6.34 Å². The van der Waals surface area contributed by atoms with E-state index in [-0.39, 0.29) is 5.08 Å². The lowest BCUT2D eigenvalue weighted by molar-refractivity contribution is 0.237. The van der Waals surface area contributed by atoms with Gasteiger partial charge in [-0.3, -0.25) is 5.01 Å². The van der Waals surface area contributed by atoms with Crippen LogP contribution in [0, 0.1) is 11.5 Å². The van der Waals surface area contributed by atoms with E-state index in [9.17, 15) is 0 Å². The molecule has 0 saturated carbocycles. The summed E-state index contributed by atoms with van der Waals surface area (Å²) in [6, 6.07) is 0. The van der Waals surface area contributed by atoms with E-state index in [1.165, 1.54) is 24.2 Å². The van der Waals surface area contributed by atoms with Crippen LogP contribution in [-0.4, -0.2) is 27.9 Å². The average Bonchev–Trinajstić information content (AvgIpc) is 2.55. The molecular formula is C9H15BrN4. The molecule has 0 saturated heterocycles. The second kappa shape index (κ2) is 5.86. The summed E-state index contributed by atoms with van der Waals surface area (Å²) >= 11 is 3.40. The topological polar surface area (TPSA) is 42.6 Å². The van der Waals surface area contributed by atoms with Gasteiger partial charge in [0.15, 0.2) is 11.3 Å². The Hall–Kier alpha value is -0.760. The van der Waals surface area contributed by atoms with Gasteiger partial charge < -0.3 is 0 Å². The number of hydrogen-bond acceptors (Lipinski definition) is 4. The Labute approximate surface area is 93.3 Å². The molecule has 1 aliphatic heterocycles. The van der Waals surface area contributed by atoms with Gasteiger partial charge in [-0.25, -0.2) is 4.90 Å².